The van der Waals surface area contributed by atoms with E-state index in [0.717, 1.165) is 5.82 Å². The quantitative estimate of drug-likeness (QED) is 0.620. The Kier molecular flexibility index (Phi) is 8.59. The van der Waals surface area contributed by atoms with E-state index in [0.29, 0.717) is 43.2 Å². The Morgan fingerprint density at radius 3 is 2.42 bits per heavy atom. The number of carboxylic acid groups (broad SMARTS) is 1. The monoisotopic (exact) mass is 532 g/mol. The molecule has 2 aromatic rings. The molecule has 1 unspecified atom stereocenters. The van der Waals surface area contributed by atoms with E-state index in [1.54, 1.807) is 35.4 Å². The fraction of sp³-hybridized carbons (Fsp3) is 0.455. The molecule has 2 amide bonds. The molecule has 196 valence electrons. The van der Waals surface area contributed by atoms with Crippen LogP contribution in [0.4, 0.5) is 18.9 Å². The molecule has 3 heterocycles. The smallest absolute Gasteiger partial charge is 0.475 e. The van der Waals surface area contributed by atoms with Crippen molar-refractivity contribution in [1.82, 2.24) is 14.5 Å². The minimum atomic E-state index is -5.08. The number of fused-ring (bicyclic) bond motifs is 2. The predicted molar refractivity (Wildman–Crippen MR) is 120 cm³/mol. The summed E-state index contributed by atoms with van der Waals surface area (Å²) in [5.41, 5.74) is -0.0263. The van der Waals surface area contributed by atoms with Crippen LogP contribution in [0.2, 0.25) is 5.02 Å². The number of halogens is 4. The molecule has 2 N–H and O–H groups in total. The molecule has 0 bridgehead atoms. The highest BCUT2D eigenvalue weighted by Gasteiger charge is 2.47. The van der Waals surface area contributed by atoms with Crippen molar-refractivity contribution in [2.45, 2.75) is 37.3 Å². The lowest BCUT2D eigenvalue weighted by atomic mass is 9.88. The number of imidazole rings is 1. The van der Waals surface area contributed by atoms with Crippen LogP contribution in [0.5, 0.6) is 0 Å². The maximum absolute atomic E-state index is 12.9. The second-order valence-electron chi connectivity index (χ2n) is 8.12. The Hall–Kier alpha value is -3.16. The lowest BCUT2D eigenvalue weighted by Gasteiger charge is -2.45. The van der Waals surface area contributed by atoms with Crippen LogP contribution in [0.3, 0.4) is 0 Å². The molecule has 2 aliphatic heterocycles. The minimum Gasteiger partial charge on any atom is -0.475 e. The van der Waals surface area contributed by atoms with Gasteiger partial charge in [0.2, 0.25) is 5.91 Å². The number of ether oxygens (including phenoxy) is 2. The number of hydrogen-bond donors (Lipinski definition) is 2. The van der Waals surface area contributed by atoms with E-state index in [4.69, 9.17) is 31.0 Å². The molecule has 1 fully saturated rings. The predicted octanol–water partition coefficient (Wildman–Crippen LogP) is 2.67. The number of methoxy groups -OCH3 is 1. The van der Waals surface area contributed by atoms with E-state index in [-0.39, 0.29) is 18.4 Å². The van der Waals surface area contributed by atoms with Crippen molar-refractivity contribution in [3.05, 3.63) is 47.5 Å². The molecule has 36 heavy (non-hydrogen) atoms. The first-order valence-electron chi connectivity index (χ1n) is 10.8. The van der Waals surface area contributed by atoms with Crippen LogP contribution in [0.25, 0.3) is 0 Å². The summed E-state index contributed by atoms with van der Waals surface area (Å²) in [6, 6.07) is 6.95. The van der Waals surface area contributed by atoms with Gasteiger partial charge in [-0.1, -0.05) is 11.6 Å². The molecular formula is C22H24ClF3N4O6. The summed E-state index contributed by atoms with van der Waals surface area (Å²) in [5, 5.41) is 10.6. The number of aromatic nitrogens is 2. The largest absolute Gasteiger partial charge is 0.490 e. The number of aliphatic carboxylic acids is 1. The fourth-order valence-corrected chi connectivity index (χ4v) is 4.09. The van der Waals surface area contributed by atoms with E-state index >= 15 is 0 Å². The van der Waals surface area contributed by atoms with Crippen molar-refractivity contribution < 1.29 is 42.1 Å². The van der Waals surface area contributed by atoms with E-state index in [2.05, 4.69) is 10.3 Å². The van der Waals surface area contributed by atoms with Crippen LogP contribution < -0.4 is 5.32 Å². The second kappa shape index (κ2) is 11.3. The molecule has 0 radical (unpaired) electrons. The molecule has 4 rings (SSSR count). The zero-order valence-electron chi connectivity index (χ0n) is 19.1. The van der Waals surface area contributed by atoms with Gasteiger partial charge in [0.1, 0.15) is 18.0 Å². The Bertz CT molecular complexity index is 1080. The van der Waals surface area contributed by atoms with Crippen LogP contribution in [-0.2, 0) is 36.0 Å². The van der Waals surface area contributed by atoms with Crippen molar-refractivity contribution >= 4 is 35.1 Å². The highest BCUT2D eigenvalue weighted by molar-refractivity contribution is 6.30. The molecule has 0 saturated carbocycles. The van der Waals surface area contributed by atoms with Crippen molar-refractivity contribution in [3.8, 4) is 0 Å². The summed E-state index contributed by atoms with van der Waals surface area (Å²) in [7, 11) is 1.51. The summed E-state index contributed by atoms with van der Waals surface area (Å²) in [6.07, 6.45) is -1.00. The van der Waals surface area contributed by atoms with Crippen molar-refractivity contribution in [2.24, 2.45) is 0 Å². The van der Waals surface area contributed by atoms with Gasteiger partial charge in [0, 0.05) is 56.1 Å². The van der Waals surface area contributed by atoms with Gasteiger partial charge in [-0.25, -0.2) is 9.78 Å². The summed E-state index contributed by atoms with van der Waals surface area (Å²) >= 11 is 5.91. The number of rotatable bonds is 4. The average molecular weight is 533 g/mol. The topological polar surface area (TPSA) is 123 Å². The number of carboxylic acids is 1. The fourth-order valence-electron chi connectivity index (χ4n) is 3.96. The average Bonchev–Trinajstić information content (AvgIpc) is 3.31. The number of alkyl halides is 3. The molecular weight excluding hydrogens is 509 g/mol. The maximum atomic E-state index is 12.9. The van der Waals surface area contributed by atoms with E-state index in [1.807, 2.05) is 10.8 Å². The van der Waals surface area contributed by atoms with Gasteiger partial charge in [-0.05, 0) is 24.3 Å². The third kappa shape index (κ3) is 6.53. The summed E-state index contributed by atoms with van der Waals surface area (Å²) in [4.78, 5) is 40.2. The van der Waals surface area contributed by atoms with Crippen LogP contribution >= 0.6 is 11.6 Å². The number of hydrogen-bond acceptors (Lipinski definition) is 6. The van der Waals surface area contributed by atoms with Gasteiger partial charge in [-0.2, -0.15) is 13.2 Å². The van der Waals surface area contributed by atoms with Crippen LogP contribution in [-0.4, -0.2) is 76.4 Å². The third-order valence-corrected chi connectivity index (χ3v) is 5.94. The van der Waals surface area contributed by atoms with Crippen molar-refractivity contribution in [1.29, 1.82) is 0 Å². The van der Waals surface area contributed by atoms with Gasteiger partial charge in [0.15, 0.2) is 6.10 Å². The molecule has 2 aliphatic rings. The third-order valence-electron chi connectivity index (χ3n) is 5.69. The summed E-state index contributed by atoms with van der Waals surface area (Å²) in [5.74, 6) is -2.21. The molecule has 1 aromatic heterocycles. The first-order chi connectivity index (χ1) is 16.9. The zero-order chi connectivity index (χ0) is 26.5. The molecule has 1 spiro atoms. The standard InChI is InChI=1S/C20H23ClN4O4.C2HF3O2/c1-28-13-17(26)24-9-6-20(7-10-24)19-22-8-11-25(19)12-16(29-20)18(27)23-15-4-2-14(21)3-5-15;3-2(4,5)1(6)7/h2-5,8,11,16H,6-7,9-10,12-13H2,1H3,(H,23,27);(H,6,7). The van der Waals surface area contributed by atoms with E-state index in [9.17, 15) is 22.8 Å². The second-order valence-corrected chi connectivity index (χ2v) is 8.55. The van der Waals surface area contributed by atoms with Gasteiger partial charge in [-0.3, -0.25) is 9.59 Å². The Balaban J connectivity index is 0.000000454. The number of piperidine rings is 1. The van der Waals surface area contributed by atoms with Gasteiger partial charge >= 0.3 is 12.1 Å². The number of nitrogens with one attached hydrogen (secondary N) is 1. The molecule has 1 saturated heterocycles. The van der Waals surface area contributed by atoms with Crippen molar-refractivity contribution in [3.63, 3.8) is 0 Å². The van der Waals surface area contributed by atoms with Crippen LogP contribution in [0.15, 0.2) is 36.7 Å². The summed E-state index contributed by atoms with van der Waals surface area (Å²) in [6.45, 7) is 1.51. The molecule has 1 atom stereocenters. The van der Waals surface area contributed by atoms with Crippen molar-refractivity contribution in [2.75, 3.05) is 32.1 Å². The Morgan fingerprint density at radius 2 is 1.86 bits per heavy atom. The maximum Gasteiger partial charge on any atom is 0.490 e. The lowest BCUT2D eigenvalue weighted by molar-refractivity contribution is -0.192. The van der Waals surface area contributed by atoms with Gasteiger partial charge in [0.05, 0.1) is 6.54 Å². The molecule has 14 heteroatoms. The SMILES string of the molecule is COCC(=O)N1CCC2(CC1)OC(C(=O)Nc1ccc(Cl)cc1)Cn1ccnc12.O=C(O)C(F)(F)F. The summed E-state index contributed by atoms with van der Waals surface area (Å²) < 4.78 is 45.0. The highest BCUT2D eigenvalue weighted by Crippen LogP contribution is 2.40. The highest BCUT2D eigenvalue weighted by atomic mass is 35.5. The zero-order valence-corrected chi connectivity index (χ0v) is 19.9. The molecule has 1 aromatic carbocycles. The van der Waals surface area contributed by atoms with Gasteiger partial charge in [-0.15, -0.1) is 0 Å². The van der Waals surface area contributed by atoms with Crippen LogP contribution in [0.1, 0.15) is 18.7 Å². The van der Waals surface area contributed by atoms with Gasteiger partial charge in [0.25, 0.3) is 5.91 Å². The lowest BCUT2D eigenvalue weighted by Crippen LogP contribution is -2.54. The molecule has 10 nitrogen and oxygen atoms in total. The Morgan fingerprint density at radius 1 is 1.25 bits per heavy atom. The van der Waals surface area contributed by atoms with E-state index in [1.165, 1.54) is 7.11 Å². The van der Waals surface area contributed by atoms with Crippen LogP contribution in [0, 0.1) is 0 Å². The number of anilines is 1. The number of carbonyl (C=O) groups is 3. The first kappa shape index (κ1) is 27.4. The number of likely N-dealkylation sites (tertiary alicyclic amines) is 1. The minimum absolute atomic E-state index is 0.0430. The molecule has 0 aliphatic carbocycles. The van der Waals surface area contributed by atoms with Gasteiger partial charge < -0.3 is 29.4 Å². The Labute approximate surface area is 208 Å². The van der Waals surface area contributed by atoms with E-state index < -0.39 is 23.9 Å². The number of amides is 2. The number of benzene rings is 1. The normalized spacial score (nSPS) is 18.6. The number of carbonyl (C=O) groups excluding carboxylic acids is 2. The number of nitrogens with zero attached hydrogens (tertiary/aromatic N) is 3. The first-order valence-corrected chi connectivity index (χ1v) is 11.2.